The van der Waals surface area contributed by atoms with Gasteiger partial charge in [-0.1, -0.05) is 48.3 Å². The standard InChI is InChI=1S/C15H22BrClN2/c1-10-8-18-14(15(2,3)4)9-19(10)13-6-5-11(16)7-12(13)17/h5-7,10,14,18H,8-9H2,1-4H3. The van der Waals surface area contributed by atoms with Crippen molar-refractivity contribution >= 4 is 33.2 Å². The second-order valence-electron chi connectivity index (χ2n) is 6.42. The van der Waals surface area contributed by atoms with Crippen LogP contribution in [0.3, 0.4) is 0 Å². The minimum Gasteiger partial charge on any atom is -0.365 e. The van der Waals surface area contributed by atoms with Crippen molar-refractivity contribution in [1.29, 1.82) is 0 Å². The molecule has 2 atom stereocenters. The van der Waals surface area contributed by atoms with E-state index < -0.39 is 0 Å². The number of hydrogen-bond donors (Lipinski definition) is 1. The maximum absolute atomic E-state index is 6.40. The summed E-state index contributed by atoms with van der Waals surface area (Å²) in [5.74, 6) is 0. The van der Waals surface area contributed by atoms with E-state index in [1.165, 1.54) is 0 Å². The number of piperazine rings is 1. The van der Waals surface area contributed by atoms with E-state index in [0.29, 0.717) is 12.1 Å². The number of halogens is 2. The van der Waals surface area contributed by atoms with Gasteiger partial charge in [0.15, 0.2) is 0 Å². The van der Waals surface area contributed by atoms with Gasteiger partial charge in [-0.3, -0.25) is 0 Å². The van der Waals surface area contributed by atoms with Gasteiger partial charge in [-0.05, 0) is 30.5 Å². The van der Waals surface area contributed by atoms with Crippen LogP contribution in [-0.2, 0) is 0 Å². The Morgan fingerprint density at radius 2 is 2.05 bits per heavy atom. The summed E-state index contributed by atoms with van der Waals surface area (Å²) in [6.45, 7) is 11.1. The highest BCUT2D eigenvalue weighted by Crippen LogP contribution is 2.33. The fourth-order valence-electron chi connectivity index (χ4n) is 2.49. The smallest absolute Gasteiger partial charge is 0.0650 e. The third kappa shape index (κ3) is 3.45. The molecule has 2 rings (SSSR count). The van der Waals surface area contributed by atoms with Crippen LogP contribution in [0.4, 0.5) is 5.69 Å². The third-order valence-corrected chi connectivity index (χ3v) is 4.63. The first kappa shape index (κ1) is 15.1. The van der Waals surface area contributed by atoms with E-state index in [4.69, 9.17) is 11.6 Å². The highest BCUT2D eigenvalue weighted by atomic mass is 79.9. The molecule has 0 saturated carbocycles. The van der Waals surface area contributed by atoms with Crippen LogP contribution >= 0.6 is 27.5 Å². The first-order valence-corrected chi connectivity index (χ1v) is 7.91. The van der Waals surface area contributed by atoms with Crippen molar-refractivity contribution in [3.05, 3.63) is 27.7 Å². The van der Waals surface area contributed by atoms with Crippen LogP contribution in [0, 0.1) is 5.41 Å². The number of hydrogen-bond acceptors (Lipinski definition) is 2. The Balaban J connectivity index is 2.26. The second kappa shape index (κ2) is 5.63. The largest absolute Gasteiger partial charge is 0.365 e. The van der Waals surface area contributed by atoms with Gasteiger partial charge in [-0.25, -0.2) is 0 Å². The summed E-state index contributed by atoms with van der Waals surface area (Å²) >= 11 is 9.86. The second-order valence-corrected chi connectivity index (χ2v) is 7.75. The van der Waals surface area contributed by atoms with Crippen LogP contribution in [0.15, 0.2) is 22.7 Å². The molecule has 1 aliphatic heterocycles. The lowest BCUT2D eigenvalue weighted by Crippen LogP contribution is -2.59. The summed E-state index contributed by atoms with van der Waals surface area (Å²) < 4.78 is 1.02. The Morgan fingerprint density at radius 3 is 2.63 bits per heavy atom. The molecule has 1 saturated heterocycles. The number of benzene rings is 1. The van der Waals surface area contributed by atoms with Gasteiger partial charge in [-0.2, -0.15) is 0 Å². The zero-order valence-corrected chi connectivity index (χ0v) is 14.3. The molecular weight excluding hydrogens is 324 g/mol. The topological polar surface area (TPSA) is 15.3 Å². The summed E-state index contributed by atoms with van der Waals surface area (Å²) in [4.78, 5) is 2.42. The summed E-state index contributed by atoms with van der Waals surface area (Å²) in [6, 6.07) is 7.06. The Morgan fingerprint density at radius 1 is 1.37 bits per heavy atom. The van der Waals surface area contributed by atoms with Gasteiger partial charge in [0, 0.05) is 29.6 Å². The number of nitrogens with one attached hydrogen (secondary N) is 1. The fourth-order valence-corrected chi connectivity index (χ4v) is 3.28. The molecule has 1 aliphatic rings. The van der Waals surface area contributed by atoms with Crippen molar-refractivity contribution in [3.8, 4) is 0 Å². The minimum atomic E-state index is 0.250. The zero-order chi connectivity index (χ0) is 14.2. The van der Waals surface area contributed by atoms with E-state index in [9.17, 15) is 0 Å². The van der Waals surface area contributed by atoms with Gasteiger partial charge in [-0.15, -0.1) is 0 Å². The van der Waals surface area contributed by atoms with Crippen molar-refractivity contribution in [1.82, 2.24) is 5.32 Å². The SMILES string of the molecule is CC1CNC(C(C)(C)C)CN1c1ccc(Br)cc1Cl. The lowest BCUT2D eigenvalue weighted by molar-refractivity contribution is 0.239. The van der Waals surface area contributed by atoms with E-state index in [1.54, 1.807) is 0 Å². The molecule has 1 aromatic carbocycles. The van der Waals surface area contributed by atoms with Gasteiger partial charge in [0.2, 0.25) is 0 Å². The van der Waals surface area contributed by atoms with Crippen LogP contribution in [-0.4, -0.2) is 25.2 Å². The van der Waals surface area contributed by atoms with Gasteiger partial charge in [0.05, 0.1) is 10.7 Å². The fraction of sp³-hybridized carbons (Fsp3) is 0.600. The summed E-state index contributed by atoms with van der Waals surface area (Å²) in [5, 5.41) is 4.46. The molecule has 4 heteroatoms. The molecule has 0 aromatic heterocycles. The summed E-state index contributed by atoms with van der Waals surface area (Å²) in [6.07, 6.45) is 0. The summed E-state index contributed by atoms with van der Waals surface area (Å²) in [7, 11) is 0. The molecule has 0 bridgehead atoms. The van der Waals surface area contributed by atoms with E-state index in [1.807, 2.05) is 6.07 Å². The lowest BCUT2D eigenvalue weighted by atomic mass is 9.84. The van der Waals surface area contributed by atoms with E-state index in [0.717, 1.165) is 28.3 Å². The average Bonchev–Trinajstić information content (AvgIpc) is 2.29. The third-order valence-electron chi connectivity index (χ3n) is 3.84. The van der Waals surface area contributed by atoms with Crippen molar-refractivity contribution in [2.24, 2.45) is 5.41 Å². The maximum atomic E-state index is 6.40. The molecule has 1 N–H and O–H groups in total. The number of anilines is 1. The average molecular weight is 346 g/mol. The molecule has 0 aliphatic carbocycles. The zero-order valence-electron chi connectivity index (χ0n) is 12.0. The highest BCUT2D eigenvalue weighted by molar-refractivity contribution is 9.10. The maximum Gasteiger partial charge on any atom is 0.0650 e. The van der Waals surface area contributed by atoms with Gasteiger partial charge in [0.25, 0.3) is 0 Å². The van der Waals surface area contributed by atoms with E-state index in [2.05, 4.69) is 66.0 Å². The molecular formula is C15H22BrClN2. The van der Waals surface area contributed by atoms with Crippen molar-refractivity contribution in [2.75, 3.05) is 18.0 Å². The Kier molecular flexibility index (Phi) is 4.49. The highest BCUT2D eigenvalue weighted by Gasteiger charge is 2.33. The van der Waals surface area contributed by atoms with Gasteiger partial charge in [0.1, 0.15) is 0 Å². The number of nitrogens with zero attached hydrogens (tertiary/aromatic N) is 1. The van der Waals surface area contributed by atoms with Crippen LogP contribution in [0.1, 0.15) is 27.7 Å². The van der Waals surface area contributed by atoms with Gasteiger partial charge < -0.3 is 10.2 Å². The molecule has 1 heterocycles. The Hall–Kier alpha value is -0.250. The van der Waals surface area contributed by atoms with Crippen LogP contribution in [0.25, 0.3) is 0 Å². The number of rotatable bonds is 1. The molecule has 1 aromatic rings. The quantitative estimate of drug-likeness (QED) is 0.815. The first-order chi connectivity index (χ1) is 8.79. The van der Waals surface area contributed by atoms with Crippen LogP contribution < -0.4 is 10.2 Å². The van der Waals surface area contributed by atoms with Crippen molar-refractivity contribution in [3.63, 3.8) is 0 Å². The van der Waals surface area contributed by atoms with Gasteiger partial charge >= 0.3 is 0 Å². The molecule has 0 amide bonds. The van der Waals surface area contributed by atoms with E-state index >= 15 is 0 Å². The minimum absolute atomic E-state index is 0.250. The molecule has 2 nitrogen and oxygen atoms in total. The monoisotopic (exact) mass is 344 g/mol. The molecule has 1 fully saturated rings. The molecule has 2 unspecified atom stereocenters. The predicted octanol–water partition coefficient (Wildman–Crippen LogP) is 4.32. The Labute approximate surface area is 129 Å². The first-order valence-electron chi connectivity index (χ1n) is 6.74. The van der Waals surface area contributed by atoms with Crippen molar-refractivity contribution < 1.29 is 0 Å². The van der Waals surface area contributed by atoms with Crippen LogP contribution in [0.2, 0.25) is 5.02 Å². The van der Waals surface area contributed by atoms with E-state index in [-0.39, 0.29) is 5.41 Å². The predicted molar refractivity (Wildman–Crippen MR) is 87.2 cm³/mol. The lowest BCUT2D eigenvalue weighted by Gasteiger charge is -2.45. The van der Waals surface area contributed by atoms with Crippen LogP contribution in [0.5, 0.6) is 0 Å². The molecule has 0 spiro atoms. The molecule has 0 radical (unpaired) electrons. The Bertz CT molecular complexity index is 456. The molecule has 19 heavy (non-hydrogen) atoms. The van der Waals surface area contributed by atoms with Crippen molar-refractivity contribution in [2.45, 2.75) is 39.8 Å². The summed E-state index contributed by atoms with van der Waals surface area (Å²) in [5.41, 5.74) is 1.38. The normalized spacial score (nSPS) is 24.6. The molecule has 106 valence electrons.